The minimum atomic E-state index is -0.768. The molecule has 1 aliphatic rings. The fourth-order valence-electron chi connectivity index (χ4n) is 2.94. The van der Waals surface area contributed by atoms with Gasteiger partial charge in [-0.3, -0.25) is 4.79 Å². The Bertz CT molecular complexity index is 273. The van der Waals surface area contributed by atoms with Crippen molar-refractivity contribution in [2.45, 2.75) is 57.7 Å². The van der Waals surface area contributed by atoms with E-state index in [1.54, 1.807) is 0 Å². The zero-order valence-corrected chi connectivity index (χ0v) is 10.6. The number of ketones is 1. The quantitative estimate of drug-likeness (QED) is 0.658. The molecule has 1 rings (SSSR count). The summed E-state index contributed by atoms with van der Waals surface area (Å²) in [6.45, 7) is 7.74. The Kier molecular flexibility index (Phi) is 3.77. The number of aliphatic hydroxyl groups is 2. The molecule has 0 spiro atoms. The Balaban J connectivity index is 2.88. The highest BCUT2D eigenvalue weighted by atomic mass is 16.3. The predicted octanol–water partition coefficient (Wildman–Crippen LogP) is 0.465. The fraction of sp³-hybridized carbons (Fsp3) is 0.917. The van der Waals surface area contributed by atoms with E-state index in [1.807, 2.05) is 27.7 Å². The Morgan fingerprint density at radius 1 is 1.44 bits per heavy atom. The molecule has 0 saturated carbocycles. The van der Waals surface area contributed by atoms with Gasteiger partial charge in [-0.25, -0.2) is 0 Å². The molecule has 4 nitrogen and oxygen atoms in total. The van der Waals surface area contributed by atoms with Crippen LogP contribution in [-0.4, -0.2) is 39.8 Å². The maximum absolute atomic E-state index is 12.1. The molecule has 1 saturated heterocycles. The van der Waals surface area contributed by atoms with E-state index >= 15 is 0 Å². The van der Waals surface area contributed by atoms with Crippen LogP contribution in [0.15, 0.2) is 0 Å². The van der Waals surface area contributed by atoms with E-state index < -0.39 is 17.6 Å². The lowest BCUT2D eigenvalue weighted by Crippen LogP contribution is -2.65. The van der Waals surface area contributed by atoms with Gasteiger partial charge in [-0.05, 0) is 34.1 Å². The molecule has 1 fully saturated rings. The highest BCUT2D eigenvalue weighted by molar-refractivity contribution is 5.85. The second-order valence-corrected chi connectivity index (χ2v) is 5.93. The van der Waals surface area contributed by atoms with Gasteiger partial charge in [0.25, 0.3) is 0 Å². The molecule has 16 heavy (non-hydrogen) atoms. The number of aliphatic hydroxyl groups excluding tert-OH is 2. The van der Waals surface area contributed by atoms with Crippen molar-refractivity contribution in [3.05, 3.63) is 0 Å². The van der Waals surface area contributed by atoms with Gasteiger partial charge in [0.2, 0.25) is 0 Å². The molecule has 0 aromatic rings. The summed E-state index contributed by atoms with van der Waals surface area (Å²) in [6, 6.07) is 0. The number of nitrogens with one attached hydrogen (secondary N) is 1. The molecule has 0 aromatic carbocycles. The molecule has 4 heteroatoms. The van der Waals surface area contributed by atoms with Crippen molar-refractivity contribution in [2.24, 2.45) is 5.92 Å². The molecular weight excluding hydrogens is 206 g/mol. The Morgan fingerprint density at radius 2 is 2.00 bits per heavy atom. The van der Waals surface area contributed by atoms with Gasteiger partial charge < -0.3 is 15.5 Å². The first-order valence-electron chi connectivity index (χ1n) is 5.80. The Morgan fingerprint density at radius 3 is 2.44 bits per heavy atom. The first-order chi connectivity index (χ1) is 7.19. The highest BCUT2D eigenvalue weighted by Gasteiger charge is 2.47. The van der Waals surface area contributed by atoms with Crippen molar-refractivity contribution in [3.63, 3.8) is 0 Å². The van der Waals surface area contributed by atoms with Crippen molar-refractivity contribution < 1.29 is 15.0 Å². The number of hydrogen-bond acceptors (Lipinski definition) is 4. The fourth-order valence-corrected chi connectivity index (χ4v) is 2.94. The third-order valence-corrected chi connectivity index (χ3v) is 3.21. The molecule has 3 N–H and O–H groups in total. The van der Waals surface area contributed by atoms with Crippen LogP contribution in [0.1, 0.15) is 40.5 Å². The lowest BCUT2D eigenvalue weighted by Gasteiger charge is -2.48. The zero-order chi connectivity index (χ0) is 12.6. The van der Waals surface area contributed by atoms with Gasteiger partial charge in [-0.2, -0.15) is 0 Å². The average molecular weight is 229 g/mol. The molecule has 0 radical (unpaired) electrons. The average Bonchev–Trinajstić information content (AvgIpc) is 1.97. The molecular formula is C12H23NO3. The number of carbonyl (C=O) groups excluding carboxylic acids is 1. The van der Waals surface area contributed by atoms with Crippen LogP contribution in [0.4, 0.5) is 0 Å². The Labute approximate surface area is 97.0 Å². The largest absolute Gasteiger partial charge is 0.396 e. The van der Waals surface area contributed by atoms with E-state index in [-0.39, 0.29) is 24.3 Å². The zero-order valence-electron chi connectivity index (χ0n) is 10.6. The van der Waals surface area contributed by atoms with Gasteiger partial charge in [0.15, 0.2) is 0 Å². The molecule has 0 bridgehead atoms. The van der Waals surface area contributed by atoms with Crippen molar-refractivity contribution in [3.8, 4) is 0 Å². The van der Waals surface area contributed by atoms with Gasteiger partial charge in [0, 0.05) is 24.1 Å². The van der Waals surface area contributed by atoms with E-state index in [1.165, 1.54) is 0 Å². The summed E-state index contributed by atoms with van der Waals surface area (Å²) in [5.74, 6) is -0.359. The smallest absolute Gasteiger partial charge is 0.142 e. The first-order valence-corrected chi connectivity index (χ1v) is 5.80. The first kappa shape index (κ1) is 13.6. The number of carbonyl (C=O) groups is 1. The molecule has 0 amide bonds. The molecule has 0 aliphatic carbocycles. The van der Waals surface area contributed by atoms with Crippen LogP contribution >= 0.6 is 0 Å². The van der Waals surface area contributed by atoms with Crippen LogP contribution in [0.25, 0.3) is 0 Å². The van der Waals surface area contributed by atoms with Gasteiger partial charge in [-0.15, -0.1) is 0 Å². The lowest BCUT2D eigenvalue weighted by atomic mass is 9.70. The summed E-state index contributed by atoms with van der Waals surface area (Å²) in [5, 5.41) is 22.2. The summed E-state index contributed by atoms with van der Waals surface area (Å²) in [6.07, 6.45) is -0.0953. The van der Waals surface area contributed by atoms with Crippen LogP contribution in [0, 0.1) is 5.92 Å². The van der Waals surface area contributed by atoms with Crippen LogP contribution in [0.3, 0.4) is 0 Å². The maximum Gasteiger partial charge on any atom is 0.142 e. The van der Waals surface area contributed by atoms with Crippen LogP contribution < -0.4 is 5.32 Å². The second-order valence-electron chi connectivity index (χ2n) is 5.93. The molecule has 1 heterocycles. The van der Waals surface area contributed by atoms with Crippen molar-refractivity contribution in [2.75, 3.05) is 6.61 Å². The summed E-state index contributed by atoms with van der Waals surface area (Å²) >= 11 is 0. The molecule has 2 atom stereocenters. The number of piperidine rings is 1. The Hall–Kier alpha value is -0.450. The normalized spacial score (nSPS) is 30.1. The van der Waals surface area contributed by atoms with Crippen LogP contribution in [-0.2, 0) is 4.79 Å². The minimum Gasteiger partial charge on any atom is -0.396 e. The molecule has 0 aromatic heterocycles. The van der Waals surface area contributed by atoms with E-state index in [9.17, 15) is 9.90 Å². The molecule has 1 aliphatic heterocycles. The predicted molar refractivity (Wildman–Crippen MR) is 62.1 cm³/mol. The minimum absolute atomic E-state index is 0.0784. The van der Waals surface area contributed by atoms with Crippen molar-refractivity contribution in [1.29, 1.82) is 0 Å². The van der Waals surface area contributed by atoms with Crippen molar-refractivity contribution in [1.82, 2.24) is 5.32 Å². The summed E-state index contributed by atoms with van der Waals surface area (Å²) in [7, 11) is 0. The summed E-state index contributed by atoms with van der Waals surface area (Å²) in [4.78, 5) is 12.1. The second kappa shape index (κ2) is 4.43. The van der Waals surface area contributed by atoms with E-state index in [0.29, 0.717) is 6.42 Å². The third kappa shape index (κ3) is 2.81. The number of Topliss-reactive ketones (excluding diaryl/α,β-unsaturated/α-hetero) is 1. The van der Waals surface area contributed by atoms with Gasteiger partial charge in [0.05, 0.1) is 12.0 Å². The van der Waals surface area contributed by atoms with E-state index in [0.717, 1.165) is 0 Å². The lowest BCUT2D eigenvalue weighted by molar-refractivity contribution is -0.136. The summed E-state index contributed by atoms with van der Waals surface area (Å²) in [5.41, 5.74) is -0.663. The van der Waals surface area contributed by atoms with E-state index in [4.69, 9.17) is 5.11 Å². The third-order valence-electron chi connectivity index (χ3n) is 3.21. The van der Waals surface area contributed by atoms with Crippen LogP contribution in [0.5, 0.6) is 0 Å². The molecule has 2 unspecified atom stereocenters. The topological polar surface area (TPSA) is 69.6 Å². The number of rotatable bonds is 3. The maximum atomic E-state index is 12.1. The molecule has 94 valence electrons. The van der Waals surface area contributed by atoms with Gasteiger partial charge in [-0.1, -0.05) is 0 Å². The number of hydrogen-bond donors (Lipinski definition) is 3. The SMILES string of the molecule is CC1(C)CC(=O)C(C(O)CCO)C(C)(C)N1. The van der Waals surface area contributed by atoms with Gasteiger partial charge >= 0.3 is 0 Å². The standard InChI is InChI=1S/C12H23NO3/c1-11(2)7-9(16)10(8(15)5-6-14)12(3,4)13-11/h8,10,13-15H,5-7H2,1-4H3. The highest BCUT2D eigenvalue weighted by Crippen LogP contribution is 2.33. The van der Waals surface area contributed by atoms with E-state index in [2.05, 4.69) is 5.32 Å². The summed E-state index contributed by atoms with van der Waals surface area (Å²) < 4.78 is 0. The van der Waals surface area contributed by atoms with Crippen molar-refractivity contribution >= 4 is 5.78 Å². The van der Waals surface area contributed by atoms with Gasteiger partial charge in [0.1, 0.15) is 5.78 Å². The van der Waals surface area contributed by atoms with Crippen LogP contribution in [0.2, 0.25) is 0 Å². The monoisotopic (exact) mass is 229 g/mol.